The number of hydrogen-bond donors (Lipinski definition) is 2. The first-order valence-corrected chi connectivity index (χ1v) is 9.13. The third-order valence-electron chi connectivity index (χ3n) is 4.33. The fraction of sp³-hybridized carbons (Fsp3) is 0.250. The van der Waals surface area contributed by atoms with Gasteiger partial charge in [-0.1, -0.05) is 42.0 Å². The number of aromatic nitrogens is 3. The molecule has 28 heavy (non-hydrogen) atoms. The van der Waals surface area contributed by atoms with Gasteiger partial charge in [0.05, 0.1) is 14.2 Å². The summed E-state index contributed by atoms with van der Waals surface area (Å²) in [5.74, 6) is 1.66. The number of aromatic amines is 1. The van der Waals surface area contributed by atoms with Crippen LogP contribution in [0.3, 0.4) is 0 Å². The van der Waals surface area contributed by atoms with E-state index in [0.717, 1.165) is 16.7 Å². The van der Waals surface area contributed by atoms with Gasteiger partial charge in [-0.15, -0.1) is 0 Å². The molecule has 2 N–H and O–H groups in total. The summed E-state index contributed by atoms with van der Waals surface area (Å²) in [4.78, 5) is 12.5. The second-order valence-corrected chi connectivity index (χ2v) is 6.62. The Kier molecular flexibility index (Phi) is 6.10. The van der Waals surface area contributed by atoms with E-state index in [1.165, 1.54) is 0 Å². The maximum absolute atomic E-state index is 12.5. The number of carbonyl (C=O) groups is 1. The third kappa shape index (κ3) is 4.23. The predicted molar refractivity (Wildman–Crippen MR) is 109 cm³/mol. The zero-order valence-corrected chi connectivity index (χ0v) is 16.8. The molecule has 7 nitrogen and oxygen atoms in total. The lowest BCUT2D eigenvalue weighted by Crippen LogP contribution is -2.27. The Labute approximate surface area is 168 Å². The molecule has 0 spiro atoms. The quantitative estimate of drug-likeness (QED) is 0.597. The fourth-order valence-corrected chi connectivity index (χ4v) is 3.07. The lowest BCUT2D eigenvalue weighted by molar-refractivity contribution is -0.121. The summed E-state index contributed by atoms with van der Waals surface area (Å²) in [5, 5.41) is 9.92. The minimum atomic E-state index is -0.185. The summed E-state index contributed by atoms with van der Waals surface area (Å²) in [6, 6.07) is 13.4. The zero-order chi connectivity index (χ0) is 20.1. The predicted octanol–water partition coefficient (Wildman–Crippen LogP) is 3.25. The topological polar surface area (TPSA) is 81.2 Å². The summed E-state index contributed by atoms with van der Waals surface area (Å²) in [5.41, 5.74) is 2.86. The molecule has 1 heterocycles. The molecule has 1 amide bonds. The van der Waals surface area contributed by atoms with Crippen LogP contribution in [0.2, 0.25) is 0 Å². The summed E-state index contributed by atoms with van der Waals surface area (Å²) in [6.45, 7) is 2.39. The first kappa shape index (κ1) is 19.6. The Hall–Kier alpha value is -3.13. The van der Waals surface area contributed by atoms with Crippen LogP contribution in [0, 0.1) is 11.7 Å². The number of methoxy groups -OCH3 is 2. The zero-order valence-electron chi connectivity index (χ0n) is 16.0. The van der Waals surface area contributed by atoms with Crippen LogP contribution in [0.4, 0.5) is 0 Å². The van der Waals surface area contributed by atoms with Gasteiger partial charge >= 0.3 is 0 Å². The molecule has 0 unspecified atom stereocenters. The van der Waals surface area contributed by atoms with Crippen LogP contribution >= 0.6 is 12.2 Å². The number of nitrogens with zero attached hydrogens (tertiary/aromatic N) is 2. The maximum Gasteiger partial charge on any atom is 0.240 e. The number of para-hydroxylation sites is 1. The van der Waals surface area contributed by atoms with Crippen LogP contribution in [0.25, 0.3) is 11.4 Å². The average molecular weight is 398 g/mol. The number of ether oxygens (including phenoxy) is 2. The highest BCUT2D eigenvalue weighted by atomic mass is 32.1. The van der Waals surface area contributed by atoms with E-state index in [-0.39, 0.29) is 12.5 Å². The van der Waals surface area contributed by atoms with E-state index in [0.29, 0.717) is 28.6 Å². The number of hydrogen-bond acceptors (Lipinski definition) is 5. The Morgan fingerprint density at radius 2 is 1.93 bits per heavy atom. The molecule has 146 valence electrons. The van der Waals surface area contributed by atoms with E-state index in [1.54, 1.807) is 18.8 Å². The molecule has 0 radical (unpaired) electrons. The van der Waals surface area contributed by atoms with Crippen LogP contribution < -0.4 is 14.8 Å². The van der Waals surface area contributed by atoms with Crippen molar-refractivity contribution in [2.75, 3.05) is 14.2 Å². The van der Waals surface area contributed by atoms with Crippen LogP contribution in [0.1, 0.15) is 11.1 Å². The van der Waals surface area contributed by atoms with Gasteiger partial charge in [0.1, 0.15) is 6.54 Å². The monoisotopic (exact) mass is 398 g/mol. The van der Waals surface area contributed by atoms with Crippen LogP contribution in [-0.2, 0) is 17.9 Å². The van der Waals surface area contributed by atoms with E-state index in [2.05, 4.69) is 15.5 Å². The molecule has 3 aromatic rings. The Morgan fingerprint density at radius 1 is 1.18 bits per heavy atom. The molecule has 0 saturated carbocycles. The molecule has 0 saturated heterocycles. The van der Waals surface area contributed by atoms with Crippen molar-refractivity contribution in [1.82, 2.24) is 20.1 Å². The van der Waals surface area contributed by atoms with E-state index < -0.39 is 0 Å². The van der Waals surface area contributed by atoms with Crippen molar-refractivity contribution in [3.05, 3.63) is 58.4 Å². The van der Waals surface area contributed by atoms with Crippen LogP contribution in [0.5, 0.6) is 11.5 Å². The van der Waals surface area contributed by atoms with Gasteiger partial charge in [-0.05, 0) is 25.2 Å². The number of H-pyrrole nitrogens is 1. The molecule has 2 aromatic carbocycles. The molecular weight excluding hydrogens is 376 g/mol. The van der Waals surface area contributed by atoms with Crippen molar-refractivity contribution in [2.24, 2.45) is 0 Å². The van der Waals surface area contributed by atoms with Crippen molar-refractivity contribution in [3.63, 3.8) is 0 Å². The SMILES string of the molecule is COc1cccc(CNC(=O)Cn2c(-c3ccc(C)cc3)n[nH]c2=S)c1OC. The van der Waals surface area contributed by atoms with Crippen LogP contribution in [0.15, 0.2) is 42.5 Å². The molecule has 1 aromatic heterocycles. The van der Waals surface area contributed by atoms with Gasteiger partial charge in [0.15, 0.2) is 22.1 Å². The molecule has 8 heteroatoms. The number of aryl methyl sites for hydroxylation is 1. The van der Waals surface area contributed by atoms with Gasteiger partial charge < -0.3 is 14.8 Å². The Bertz CT molecular complexity index is 1020. The summed E-state index contributed by atoms with van der Waals surface area (Å²) in [6.07, 6.45) is 0. The molecular formula is C20H22N4O3S. The van der Waals surface area contributed by atoms with Crippen molar-refractivity contribution < 1.29 is 14.3 Å². The fourth-order valence-electron chi connectivity index (χ4n) is 2.87. The van der Waals surface area contributed by atoms with Gasteiger partial charge in [-0.3, -0.25) is 14.5 Å². The van der Waals surface area contributed by atoms with E-state index in [4.69, 9.17) is 21.7 Å². The van der Waals surface area contributed by atoms with E-state index in [1.807, 2.05) is 49.4 Å². The maximum atomic E-state index is 12.5. The van der Waals surface area contributed by atoms with Crippen molar-refractivity contribution in [1.29, 1.82) is 0 Å². The van der Waals surface area contributed by atoms with Crippen molar-refractivity contribution >= 4 is 18.1 Å². The number of benzene rings is 2. The second-order valence-electron chi connectivity index (χ2n) is 6.23. The largest absolute Gasteiger partial charge is 0.493 e. The van der Waals surface area contributed by atoms with E-state index in [9.17, 15) is 4.79 Å². The normalized spacial score (nSPS) is 10.5. The molecule has 3 rings (SSSR count). The Morgan fingerprint density at radius 3 is 2.61 bits per heavy atom. The lowest BCUT2D eigenvalue weighted by atomic mass is 10.1. The minimum Gasteiger partial charge on any atom is -0.493 e. The smallest absolute Gasteiger partial charge is 0.240 e. The highest BCUT2D eigenvalue weighted by molar-refractivity contribution is 7.71. The number of rotatable bonds is 7. The van der Waals surface area contributed by atoms with Gasteiger partial charge in [-0.2, -0.15) is 5.10 Å². The van der Waals surface area contributed by atoms with Crippen molar-refractivity contribution in [2.45, 2.75) is 20.0 Å². The minimum absolute atomic E-state index is 0.0603. The van der Waals surface area contributed by atoms with Crippen LogP contribution in [-0.4, -0.2) is 34.9 Å². The summed E-state index contributed by atoms with van der Waals surface area (Å²) < 4.78 is 12.8. The first-order chi connectivity index (χ1) is 13.5. The number of carbonyl (C=O) groups excluding carboxylic acids is 1. The van der Waals surface area contributed by atoms with Gasteiger partial charge in [-0.25, -0.2) is 0 Å². The third-order valence-corrected chi connectivity index (χ3v) is 4.64. The molecule has 0 aliphatic rings. The summed E-state index contributed by atoms with van der Waals surface area (Å²) >= 11 is 5.30. The second kappa shape index (κ2) is 8.71. The highest BCUT2D eigenvalue weighted by Crippen LogP contribution is 2.30. The Balaban J connectivity index is 1.74. The van der Waals surface area contributed by atoms with E-state index >= 15 is 0 Å². The summed E-state index contributed by atoms with van der Waals surface area (Å²) in [7, 11) is 3.15. The average Bonchev–Trinajstić information content (AvgIpc) is 3.06. The first-order valence-electron chi connectivity index (χ1n) is 8.72. The molecule has 0 aliphatic carbocycles. The number of nitrogens with one attached hydrogen (secondary N) is 2. The standard InChI is InChI=1S/C20H22N4O3S/c1-13-7-9-14(10-8-13)19-22-23-20(28)24(19)12-17(25)21-11-15-5-4-6-16(26-2)18(15)27-3/h4-10H,11-12H2,1-3H3,(H,21,25)(H,23,28). The molecule has 0 fully saturated rings. The van der Waals surface area contributed by atoms with Gasteiger partial charge in [0.2, 0.25) is 5.91 Å². The van der Waals surface area contributed by atoms with Gasteiger partial charge in [0, 0.05) is 17.7 Å². The van der Waals surface area contributed by atoms with Crippen molar-refractivity contribution in [3.8, 4) is 22.9 Å². The molecule has 0 bridgehead atoms. The van der Waals surface area contributed by atoms with Gasteiger partial charge in [0.25, 0.3) is 0 Å². The number of amides is 1. The molecule has 0 aliphatic heterocycles. The lowest BCUT2D eigenvalue weighted by Gasteiger charge is -2.13. The highest BCUT2D eigenvalue weighted by Gasteiger charge is 2.14. The molecule has 0 atom stereocenters.